The van der Waals surface area contributed by atoms with E-state index in [0.29, 0.717) is 6.54 Å². The van der Waals surface area contributed by atoms with Gasteiger partial charge in [-0.15, -0.1) is 11.3 Å². The van der Waals surface area contributed by atoms with Crippen LogP contribution < -0.4 is 10.6 Å². The molecule has 0 saturated heterocycles. The number of amides is 2. The Kier molecular flexibility index (Phi) is 5.13. The average Bonchev–Trinajstić information content (AvgIpc) is 3.27. The lowest BCUT2D eigenvalue weighted by molar-refractivity contribution is -0.136. The highest BCUT2D eigenvalue weighted by Gasteiger charge is 2.37. The number of carbonyl (C=O) groups excluding carboxylic acids is 2. The number of anilines is 1. The molecule has 1 aromatic heterocycles. The van der Waals surface area contributed by atoms with Crippen molar-refractivity contribution in [3.05, 3.63) is 52.2 Å². The largest absolute Gasteiger partial charge is 0.347 e. The Morgan fingerprint density at radius 3 is 2.56 bits per heavy atom. The molecule has 1 aliphatic rings. The number of hydrogen-bond acceptors (Lipinski definition) is 3. The molecule has 1 saturated carbocycles. The van der Waals surface area contributed by atoms with Gasteiger partial charge in [-0.2, -0.15) is 0 Å². The minimum Gasteiger partial charge on any atom is -0.347 e. The number of thiophene rings is 1. The van der Waals surface area contributed by atoms with Gasteiger partial charge in [0.05, 0.1) is 5.69 Å². The SMILES string of the molecule is O=C(NCC1(c2cccs2)CCCC1)C(=O)Nc1cc(F)ccc1F. The third-order valence-corrected chi connectivity index (χ3v) is 5.69. The van der Waals surface area contributed by atoms with Crippen LogP contribution in [0.1, 0.15) is 30.6 Å². The van der Waals surface area contributed by atoms with Crippen molar-refractivity contribution >= 4 is 28.8 Å². The summed E-state index contributed by atoms with van der Waals surface area (Å²) in [6, 6.07) is 6.69. The molecule has 0 atom stereocenters. The van der Waals surface area contributed by atoms with Crippen LogP contribution in [0.15, 0.2) is 35.7 Å². The zero-order chi connectivity index (χ0) is 17.9. The molecule has 1 aliphatic carbocycles. The van der Waals surface area contributed by atoms with Gasteiger partial charge in [-0.3, -0.25) is 9.59 Å². The molecule has 1 aromatic carbocycles. The molecule has 0 radical (unpaired) electrons. The predicted molar refractivity (Wildman–Crippen MR) is 92.5 cm³/mol. The number of halogens is 2. The molecule has 2 aromatic rings. The lowest BCUT2D eigenvalue weighted by Gasteiger charge is -2.28. The molecule has 2 amide bonds. The minimum atomic E-state index is -1.01. The van der Waals surface area contributed by atoms with Crippen molar-refractivity contribution in [2.45, 2.75) is 31.1 Å². The second-order valence-corrected chi connectivity index (χ2v) is 7.17. The monoisotopic (exact) mass is 364 g/mol. The lowest BCUT2D eigenvalue weighted by Crippen LogP contribution is -2.43. The molecule has 1 heterocycles. The first kappa shape index (κ1) is 17.5. The van der Waals surface area contributed by atoms with Gasteiger partial charge in [0.1, 0.15) is 11.6 Å². The third-order valence-electron chi connectivity index (χ3n) is 4.57. The van der Waals surface area contributed by atoms with E-state index >= 15 is 0 Å². The first-order chi connectivity index (χ1) is 12.0. The fourth-order valence-corrected chi connectivity index (χ4v) is 4.23. The van der Waals surface area contributed by atoms with Crippen molar-refractivity contribution in [2.24, 2.45) is 0 Å². The summed E-state index contributed by atoms with van der Waals surface area (Å²) in [6.45, 7) is 0.353. The summed E-state index contributed by atoms with van der Waals surface area (Å²) in [5.41, 5.74) is -0.497. The van der Waals surface area contributed by atoms with Crippen molar-refractivity contribution < 1.29 is 18.4 Å². The first-order valence-corrected chi connectivity index (χ1v) is 8.96. The van der Waals surface area contributed by atoms with Crippen molar-refractivity contribution in [3.8, 4) is 0 Å². The van der Waals surface area contributed by atoms with E-state index < -0.39 is 23.4 Å². The number of rotatable bonds is 4. The predicted octanol–water partition coefficient (Wildman–Crippen LogP) is 3.59. The molecule has 4 nitrogen and oxygen atoms in total. The number of hydrogen-bond donors (Lipinski definition) is 2. The normalized spacial score (nSPS) is 15.8. The molecule has 25 heavy (non-hydrogen) atoms. The quantitative estimate of drug-likeness (QED) is 0.815. The van der Waals surface area contributed by atoms with E-state index in [1.807, 2.05) is 17.5 Å². The van der Waals surface area contributed by atoms with E-state index in [-0.39, 0.29) is 11.1 Å². The van der Waals surface area contributed by atoms with Gasteiger partial charge < -0.3 is 10.6 Å². The Balaban J connectivity index is 1.63. The van der Waals surface area contributed by atoms with Crippen LogP contribution in [0, 0.1) is 11.6 Å². The summed E-state index contributed by atoms with van der Waals surface area (Å²) in [6.07, 6.45) is 4.06. The zero-order valence-electron chi connectivity index (χ0n) is 13.5. The first-order valence-electron chi connectivity index (χ1n) is 8.08. The number of benzene rings is 1. The highest BCUT2D eigenvalue weighted by atomic mass is 32.1. The molecule has 2 N–H and O–H groups in total. The summed E-state index contributed by atoms with van der Waals surface area (Å²) >= 11 is 1.64. The second-order valence-electron chi connectivity index (χ2n) is 6.23. The Labute approximate surface area is 148 Å². The maximum atomic E-state index is 13.6. The van der Waals surface area contributed by atoms with Crippen LogP contribution in [-0.2, 0) is 15.0 Å². The summed E-state index contributed by atoms with van der Waals surface area (Å²) in [5.74, 6) is -3.36. The van der Waals surface area contributed by atoms with Gasteiger partial charge in [0.25, 0.3) is 0 Å². The van der Waals surface area contributed by atoms with E-state index in [1.165, 1.54) is 4.88 Å². The standard InChI is InChI=1S/C18H18F2N2O2S/c19-12-5-6-13(20)14(10-12)22-17(24)16(23)21-11-18(7-1-2-8-18)15-4-3-9-25-15/h3-6,9-10H,1-2,7-8,11H2,(H,21,23)(H,22,24). The van der Waals surface area contributed by atoms with Crippen LogP contribution in [0.4, 0.5) is 14.5 Å². The average molecular weight is 364 g/mol. The molecule has 0 aliphatic heterocycles. The minimum absolute atomic E-state index is 0.145. The maximum absolute atomic E-state index is 13.6. The van der Waals surface area contributed by atoms with Crippen molar-refractivity contribution in [2.75, 3.05) is 11.9 Å². The van der Waals surface area contributed by atoms with Crippen molar-refractivity contribution in [3.63, 3.8) is 0 Å². The van der Waals surface area contributed by atoms with Crippen molar-refractivity contribution in [1.29, 1.82) is 0 Å². The summed E-state index contributed by atoms with van der Waals surface area (Å²) in [7, 11) is 0. The number of nitrogens with one attached hydrogen (secondary N) is 2. The molecular formula is C18H18F2N2O2S. The van der Waals surface area contributed by atoms with Gasteiger partial charge in [0.15, 0.2) is 0 Å². The van der Waals surface area contributed by atoms with E-state index in [1.54, 1.807) is 11.3 Å². The van der Waals surface area contributed by atoms with E-state index in [4.69, 9.17) is 0 Å². The van der Waals surface area contributed by atoms with Gasteiger partial charge in [-0.05, 0) is 36.4 Å². The van der Waals surface area contributed by atoms with Gasteiger partial charge in [0.2, 0.25) is 0 Å². The summed E-state index contributed by atoms with van der Waals surface area (Å²) in [5, 5.41) is 6.75. The Morgan fingerprint density at radius 1 is 1.12 bits per heavy atom. The van der Waals surface area contributed by atoms with Crippen LogP contribution in [-0.4, -0.2) is 18.4 Å². The molecule has 0 spiro atoms. The van der Waals surface area contributed by atoms with Crippen LogP contribution >= 0.6 is 11.3 Å². The fourth-order valence-electron chi connectivity index (χ4n) is 3.24. The molecule has 0 unspecified atom stereocenters. The lowest BCUT2D eigenvalue weighted by atomic mass is 9.84. The van der Waals surface area contributed by atoms with Crippen LogP contribution in [0.2, 0.25) is 0 Å². The maximum Gasteiger partial charge on any atom is 0.313 e. The summed E-state index contributed by atoms with van der Waals surface area (Å²) in [4.78, 5) is 25.2. The topological polar surface area (TPSA) is 58.2 Å². The van der Waals surface area contributed by atoms with Gasteiger partial charge in [-0.25, -0.2) is 8.78 Å². The van der Waals surface area contributed by atoms with Crippen LogP contribution in [0.25, 0.3) is 0 Å². The molecular weight excluding hydrogens is 346 g/mol. The molecule has 0 bridgehead atoms. The zero-order valence-corrected chi connectivity index (χ0v) is 14.3. The van der Waals surface area contributed by atoms with E-state index in [9.17, 15) is 18.4 Å². The highest BCUT2D eigenvalue weighted by Crippen LogP contribution is 2.42. The number of carbonyl (C=O) groups is 2. The molecule has 132 valence electrons. The van der Waals surface area contributed by atoms with E-state index in [2.05, 4.69) is 10.6 Å². The second kappa shape index (κ2) is 7.31. The molecule has 1 fully saturated rings. The fraction of sp³-hybridized carbons (Fsp3) is 0.333. The Bertz CT molecular complexity index is 771. The highest BCUT2D eigenvalue weighted by molar-refractivity contribution is 7.10. The smallest absolute Gasteiger partial charge is 0.313 e. The summed E-state index contributed by atoms with van der Waals surface area (Å²) < 4.78 is 26.7. The van der Waals surface area contributed by atoms with Gasteiger partial charge in [-0.1, -0.05) is 18.9 Å². The van der Waals surface area contributed by atoms with E-state index in [0.717, 1.165) is 43.9 Å². The van der Waals surface area contributed by atoms with Gasteiger partial charge in [0, 0.05) is 22.9 Å². The van der Waals surface area contributed by atoms with Crippen LogP contribution in [0.3, 0.4) is 0 Å². The molecule has 7 heteroatoms. The Hall–Kier alpha value is -2.28. The van der Waals surface area contributed by atoms with Crippen molar-refractivity contribution in [1.82, 2.24) is 5.32 Å². The molecule has 3 rings (SSSR count). The third kappa shape index (κ3) is 3.87. The Morgan fingerprint density at radius 2 is 1.88 bits per heavy atom. The van der Waals surface area contributed by atoms with Crippen LogP contribution in [0.5, 0.6) is 0 Å². The van der Waals surface area contributed by atoms with Gasteiger partial charge >= 0.3 is 11.8 Å².